The minimum Gasteiger partial charge on any atom is -0.465 e. The van der Waals surface area contributed by atoms with Crippen LogP contribution in [0.3, 0.4) is 0 Å². The molecule has 0 aliphatic heterocycles. The molecular weight excluding hydrogens is 292 g/mol. The predicted molar refractivity (Wildman–Crippen MR) is 90.3 cm³/mol. The fourth-order valence-corrected chi connectivity index (χ4v) is 2.05. The molecule has 5 heteroatoms. The van der Waals surface area contributed by atoms with Crippen LogP contribution < -0.4 is 10.6 Å². The van der Waals surface area contributed by atoms with Gasteiger partial charge in [0.2, 0.25) is 0 Å². The van der Waals surface area contributed by atoms with Crippen molar-refractivity contribution in [1.82, 2.24) is 5.32 Å². The molecule has 2 N–H and O–H groups in total. The number of ether oxygens (including phenoxy) is 1. The summed E-state index contributed by atoms with van der Waals surface area (Å²) in [5.74, 6) is 1.79. The fraction of sp³-hybridized carbons (Fsp3) is 0.389. The molecule has 0 aliphatic rings. The van der Waals surface area contributed by atoms with Crippen molar-refractivity contribution in [3.8, 4) is 0 Å². The molecule has 0 bridgehead atoms. The lowest BCUT2D eigenvalue weighted by molar-refractivity contribution is 0.0523. The van der Waals surface area contributed by atoms with E-state index in [9.17, 15) is 4.79 Å². The highest BCUT2D eigenvalue weighted by molar-refractivity contribution is 5.67. The first-order chi connectivity index (χ1) is 10.8. The SMILES string of the molecule is Cc1ccc(CNc2cccc(CNC(=O)OC(C)(C)C)c2)o1. The first-order valence-corrected chi connectivity index (χ1v) is 7.67. The van der Waals surface area contributed by atoms with E-state index in [-0.39, 0.29) is 0 Å². The Hall–Kier alpha value is -2.43. The zero-order chi connectivity index (χ0) is 16.9. The predicted octanol–water partition coefficient (Wildman–Crippen LogP) is 4.22. The normalized spacial score (nSPS) is 11.1. The van der Waals surface area contributed by atoms with Crippen LogP contribution in [0, 0.1) is 6.92 Å². The second-order valence-corrected chi connectivity index (χ2v) is 6.42. The van der Waals surface area contributed by atoms with Gasteiger partial charge in [0.15, 0.2) is 0 Å². The minimum atomic E-state index is -0.491. The van der Waals surface area contributed by atoms with Gasteiger partial charge in [0.1, 0.15) is 17.1 Å². The number of aryl methyl sites for hydroxylation is 1. The number of hydrogen-bond acceptors (Lipinski definition) is 4. The Morgan fingerprint density at radius 1 is 1.17 bits per heavy atom. The lowest BCUT2D eigenvalue weighted by Gasteiger charge is -2.19. The highest BCUT2D eigenvalue weighted by Crippen LogP contribution is 2.14. The monoisotopic (exact) mass is 316 g/mol. The average Bonchev–Trinajstić information content (AvgIpc) is 2.87. The van der Waals surface area contributed by atoms with Gasteiger partial charge in [-0.3, -0.25) is 0 Å². The van der Waals surface area contributed by atoms with Crippen LogP contribution in [0.4, 0.5) is 10.5 Å². The van der Waals surface area contributed by atoms with E-state index in [0.29, 0.717) is 13.1 Å². The zero-order valence-corrected chi connectivity index (χ0v) is 14.1. The standard InChI is InChI=1S/C18H24N2O3/c1-13-8-9-16(22-13)12-19-15-7-5-6-14(10-15)11-20-17(21)23-18(2,3)4/h5-10,19H,11-12H2,1-4H3,(H,20,21). The van der Waals surface area contributed by atoms with Crippen molar-refractivity contribution in [2.24, 2.45) is 0 Å². The number of furan rings is 1. The van der Waals surface area contributed by atoms with Gasteiger partial charge in [0, 0.05) is 12.2 Å². The van der Waals surface area contributed by atoms with Crippen LogP contribution in [0.15, 0.2) is 40.8 Å². The van der Waals surface area contributed by atoms with Crippen LogP contribution in [0.2, 0.25) is 0 Å². The lowest BCUT2D eigenvalue weighted by Crippen LogP contribution is -2.32. The molecule has 124 valence electrons. The van der Waals surface area contributed by atoms with E-state index in [1.807, 2.05) is 64.1 Å². The number of nitrogens with one attached hydrogen (secondary N) is 2. The van der Waals surface area contributed by atoms with Crippen molar-refractivity contribution in [3.63, 3.8) is 0 Å². The van der Waals surface area contributed by atoms with Crippen LogP contribution in [-0.2, 0) is 17.8 Å². The number of benzene rings is 1. The maximum absolute atomic E-state index is 11.7. The van der Waals surface area contributed by atoms with Crippen LogP contribution in [0.25, 0.3) is 0 Å². The molecule has 2 rings (SSSR count). The second kappa shape index (κ2) is 7.22. The van der Waals surface area contributed by atoms with Gasteiger partial charge in [-0.05, 0) is 57.5 Å². The van der Waals surface area contributed by atoms with Crippen LogP contribution in [0.1, 0.15) is 37.9 Å². The first-order valence-electron chi connectivity index (χ1n) is 7.67. The highest BCUT2D eigenvalue weighted by Gasteiger charge is 2.15. The van der Waals surface area contributed by atoms with Gasteiger partial charge in [0.05, 0.1) is 6.54 Å². The molecule has 1 aromatic carbocycles. The molecular formula is C18H24N2O3. The van der Waals surface area contributed by atoms with Crippen molar-refractivity contribution in [2.75, 3.05) is 5.32 Å². The van der Waals surface area contributed by atoms with E-state index in [0.717, 1.165) is 22.8 Å². The maximum atomic E-state index is 11.7. The van der Waals surface area contributed by atoms with Gasteiger partial charge >= 0.3 is 6.09 Å². The Morgan fingerprint density at radius 3 is 2.61 bits per heavy atom. The van der Waals surface area contributed by atoms with E-state index in [2.05, 4.69) is 10.6 Å². The molecule has 1 amide bonds. The minimum absolute atomic E-state index is 0.415. The number of amides is 1. The average molecular weight is 316 g/mol. The Kier molecular flexibility index (Phi) is 5.32. The van der Waals surface area contributed by atoms with Crippen molar-refractivity contribution in [1.29, 1.82) is 0 Å². The van der Waals surface area contributed by atoms with Gasteiger partial charge in [-0.2, -0.15) is 0 Å². The van der Waals surface area contributed by atoms with Crippen molar-refractivity contribution >= 4 is 11.8 Å². The van der Waals surface area contributed by atoms with E-state index >= 15 is 0 Å². The molecule has 2 aromatic rings. The van der Waals surface area contributed by atoms with E-state index in [1.54, 1.807) is 0 Å². The molecule has 0 aliphatic carbocycles. The zero-order valence-electron chi connectivity index (χ0n) is 14.1. The Labute approximate surface area is 137 Å². The summed E-state index contributed by atoms with van der Waals surface area (Å²) >= 11 is 0. The molecule has 0 saturated heterocycles. The third-order valence-electron chi connectivity index (χ3n) is 3.03. The van der Waals surface area contributed by atoms with Gasteiger partial charge in [-0.15, -0.1) is 0 Å². The molecule has 0 spiro atoms. The van der Waals surface area contributed by atoms with Crippen molar-refractivity contribution in [2.45, 2.75) is 46.4 Å². The number of alkyl carbamates (subject to hydrolysis) is 1. The number of carbonyl (C=O) groups excluding carboxylic acids is 1. The topological polar surface area (TPSA) is 63.5 Å². The lowest BCUT2D eigenvalue weighted by atomic mass is 10.2. The number of carbonyl (C=O) groups is 1. The number of hydrogen-bond donors (Lipinski definition) is 2. The van der Waals surface area contributed by atoms with Gasteiger partial charge < -0.3 is 19.8 Å². The summed E-state index contributed by atoms with van der Waals surface area (Å²) in [7, 11) is 0. The van der Waals surface area contributed by atoms with Crippen molar-refractivity contribution in [3.05, 3.63) is 53.5 Å². The summed E-state index contributed by atoms with van der Waals surface area (Å²) in [5.41, 5.74) is 1.48. The van der Waals surface area contributed by atoms with E-state index in [4.69, 9.17) is 9.15 Å². The molecule has 0 unspecified atom stereocenters. The van der Waals surface area contributed by atoms with Gasteiger partial charge in [-0.25, -0.2) is 4.79 Å². The molecule has 0 atom stereocenters. The molecule has 0 fully saturated rings. The van der Waals surface area contributed by atoms with Gasteiger partial charge in [0.25, 0.3) is 0 Å². The first kappa shape index (κ1) is 16.9. The van der Waals surface area contributed by atoms with Crippen LogP contribution in [0.5, 0.6) is 0 Å². The molecule has 0 saturated carbocycles. The maximum Gasteiger partial charge on any atom is 0.407 e. The number of rotatable bonds is 5. The van der Waals surface area contributed by atoms with Gasteiger partial charge in [-0.1, -0.05) is 12.1 Å². The second-order valence-electron chi connectivity index (χ2n) is 6.42. The highest BCUT2D eigenvalue weighted by atomic mass is 16.6. The Balaban J connectivity index is 1.85. The Morgan fingerprint density at radius 2 is 1.96 bits per heavy atom. The summed E-state index contributed by atoms with van der Waals surface area (Å²) in [4.78, 5) is 11.7. The fourth-order valence-electron chi connectivity index (χ4n) is 2.05. The molecule has 1 aromatic heterocycles. The summed E-state index contributed by atoms with van der Waals surface area (Å²) in [6.45, 7) is 8.49. The summed E-state index contributed by atoms with van der Waals surface area (Å²) in [5, 5.41) is 6.06. The van der Waals surface area contributed by atoms with Crippen LogP contribution in [-0.4, -0.2) is 11.7 Å². The quantitative estimate of drug-likeness (QED) is 0.866. The van der Waals surface area contributed by atoms with Crippen LogP contribution >= 0.6 is 0 Å². The van der Waals surface area contributed by atoms with E-state index < -0.39 is 11.7 Å². The largest absolute Gasteiger partial charge is 0.465 e. The molecule has 0 radical (unpaired) electrons. The summed E-state index contributed by atoms with van der Waals surface area (Å²) < 4.78 is 10.7. The molecule has 23 heavy (non-hydrogen) atoms. The third kappa shape index (κ3) is 6.06. The molecule has 1 heterocycles. The van der Waals surface area contributed by atoms with E-state index in [1.165, 1.54) is 0 Å². The Bertz CT molecular complexity index is 656. The smallest absolute Gasteiger partial charge is 0.407 e. The number of anilines is 1. The van der Waals surface area contributed by atoms with Crippen molar-refractivity contribution < 1.29 is 13.9 Å². The summed E-state index contributed by atoms with van der Waals surface area (Å²) in [6.07, 6.45) is -0.415. The third-order valence-corrected chi connectivity index (χ3v) is 3.03. The summed E-state index contributed by atoms with van der Waals surface area (Å²) in [6, 6.07) is 11.8. The molecule has 5 nitrogen and oxygen atoms in total.